The number of alkyl halides is 3. The summed E-state index contributed by atoms with van der Waals surface area (Å²) < 4.78 is 38.1. The highest BCUT2D eigenvalue weighted by Crippen LogP contribution is 2.30. The van der Waals surface area contributed by atoms with E-state index in [2.05, 4.69) is 5.32 Å². The van der Waals surface area contributed by atoms with Crippen molar-refractivity contribution in [1.82, 2.24) is 0 Å². The number of hydrogen-bond donors (Lipinski definition) is 1. The second-order valence-corrected chi connectivity index (χ2v) is 5.08. The van der Waals surface area contributed by atoms with Crippen LogP contribution in [0.2, 0.25) is 0 Å². The van der Waals surface area contributed by atoms with Gasteiger partial charge >= 0.3 is 6.18 Å². The first-order chi connectivity index (χ1) is 11.6. The molecule has 2 aromatic carbocycles. The molecule has 0 aliphatic rings. The lowest BCUT2D eigenvalue weighted by Crippen LogP contribution is -2.16. The van der Waals surface area contributed by atoms with Gasteiger partial charge in [0.15, 0.2) is 5.78 Å². The topological polar surface area (TPSA) is 89.3 Å². The SMILES string of the molecule is CC(=O)c1cc([N+](=O)[O-])ccc1NC(=O)c1cccc(C(F)(F)F)c1. The number of hydrogen-bond acceptors (Lipinski definition) is 4. The molecule has 1 N–H and O–H groups in total. The second kappa shape index (κ2) is 6.71. The number of nitrogens with zero attached hydrogens (tertiary/aromatic N) is 1. The summed E-state index contributed by atoms with van der Waals surface area (Å²) in [6, 6.07) is 6.99. The molecule has 0 radical (unpaired) electrons. The highest BCUT2D eigenvalue weighted by atomic mass is 19.4. The molecule has 25 heavy (non-hydrogen) atoms. The number of anilines is 1. The van der Waals surface area contributed by atoms with Crippen LogP contribution in [0.25, 0.3) is 0 Å². The van der Waals surface area contributed by atoms with Crippen LogP contribution in [0.3, 0.4) is 0 Å². The molecule has 0 atom stereocenters. The third-order valence-corrected chi connectivity index (χ3v) is 3.29. The molecule has 2 rings (SSSR count). The van der Waals surface area contributed by atoms with Gasteiger partial charge in [0.25, 0.3) is 11.6 Å². The molecule has 0 heterocycles. The van der Waals surface area contributed by atoms with Gasteiger partial charge in [-0.15, -0.1) is 0 Å². The van der Waals surface area contributed by atoms with Crippen molar-refractivity contribution in [3.8, 4) is 0 Å². The largest absolute Gasteiger partial charge is 0.416 e. The van der Waals surface area contributed by atoms with Gasteiger partial charge in [0.05, 0.1) is 16.2 Å². The Balaban J connectivity index is 2.35. The number of rotatable bonds is 4. The smallest absolute Gasteiger partial charge is 0.321 e. The minimum atomic E-state index is -4.60. The molecule has 0 saturated heterocycles. The summed E-state index contributed by atoms with van der Waals surface area (Å²) in [5, 5.41) is 13.1. The van der Waals surface area contributed by atoms with E-state index in [4.69, 9.17) is 0 Å². The Morgan fingerprint density at radius 1 is 1.12 bits per heavy atom. The Kier molecular flexibility index (Phi) is 4.87. The fraction of sp³-hybridized carbons (Fsp3) is 0.125. The number of nitro benzene ring substituents is 1. The van der Waals surface area contributed by atoms with Crippen LogP contribution in [-0.2, 0) is 6.18 Å². The minimum Gasteiger partial charge on any atom is -0.321 e. The zero-order valence-electron chi connectivity index (χ0n) is 12.8. The molecular formula is C16H11F3N2O4. The highest BCUT2D eigenvalue weighted by molar-refractivity contribution is 6.09. The number of carbonyl (C=O) groups is 2. The third kappa shape index (κ3) is 4.19. The van der Waals surface area contributed by atoms with Gasteiger partial charge < -0.3 is 5.32 Å². The van der Waals surface area contributed by atoms with E-state index in [0.29, 0.717) is 6.07 Å². The molecule has 9 heteroatoms. The predicted octanol–water partition coefficient (Wildman–Crippen LogP) is 4.07. The lowest BCUT2D eigenvalue weighted by atomic mass is 10.1. The van der Waals surface area contributed by atoms with Crippen molar-refractivity contribution in [3.05, 3.63) is 69.3 Å². The zero-order valence-corrected chi connectivity index (χ0v) is 12.8. The van der Waals surface area contributed by atoms with Crippen molar-refractivity contribution in [1.29, 1.82) is 0 Å². The van der Waals surface area contributed by atoms with Gasteiger partial charge in [-0.25, -0.2) is 0 Å². The molecule has 0 unspecified atom stereocenters. The number of halogens is 3. The maximum absolute atomic E-state index is 12.7. The van der Waals surface area contributed by atoms with Crippen molar-refractivity contribution >= 4 is 23.1 Å². The number of Topliss-reactive ketones (excluding diaryl/α,β-unsaturated/α-hetero) is 1. The summed E-state index contributed by atoms with van der Waals surface area (Å²) >= 11 is 0. The fourth-order valence-electron chi connectivity index (χ4n) is 2.08. The van der Waals surface area contributed by atoms with Crippen LogP contribution in [0.1, 0.15) is 33.2 Å². The molecule has 2 aromatic rings. The highest BCUT2D eigenvalue weighted by Gasteiger charge is 2.31. The Bertz CT molecular complexity index is 863. The van der Waals surface area contributed by atoms with Crippen molar-refractivity contribution in [2.75, 3.05) is 5.32 Å². The van der Waals surface area contributed by atoms with Crippen molar-refractivity contribution in [2.45, 2.75) is 13.1 Å². The first-order valence-electron chi connectivity index (χ1n) is 6.87. The number of non-ortho nitro benzene ring substituents is 1. The Hall–Kier alpha value is -3.23. The van der Waals surface area contributed by atoms with Gasteiger partial charge in [-0.1, -0.05) is 6.07 Å². The van der Waals surface area contributed by atoms with Gasteiger partial charge in [0.2, 0.25) is 0 Å². The molecule has 0 bridgehead atoms. The molecule has 0 fully saturated rings. The van der Waals surface area contributed by atoms with E-state index in [1.807, 2.05) is 0 Å². The molecule has 0 aliphatic heterocycles. The number of carbonyl (C=O) groups excluding carboxylic acids is 2. The van der Waals surface area contributed by atoms with Crippen LogP contribution in [0.15, 0.2) is 42.5 Å². The van der Waals surface area contributed by atoms with Crippen LogP contribution in [-0.4, -0.2) is 16.6 Å². The predicted molar refractivity (Wildman–Crippen MR) is 82.5 cm³/mol. The molecule has 6 nitrogen and oxygen atoms in total. The average molecular weight is 352 g/mol. The molecular weight excluding hydrogens is 341 g/mol. The molecule has 0 saturated carbocycles. The quantitative estimate of drug-likeness (QED) is 0.510. The number of nitrogens with one attached hydrogen (secondary N) is 1. The Labute approximate surface area is 139 Å². The summed E-state index contributed by atoms with van der Waals surface area (Å²) in [5.41, 5.74) is -1.74. The Morgan fingerprint density at radius 2 is 1.80 bits per heavy atom. The van der Waals surface area contributed by atoms with E-state index in [1.54, 1.807) is 0 Å². The van der Waals surface area contributed by atoms with E-state index in [-0.39, 0.29) is 22.5 Å². The van der Waals surface area contributed by atoms with E-state index < -0.39 is 28.4 Å². The molecule has 1 amide bonds. The third-order valence-electron chi connectivity index (χ3n) is 3.29. The zero-order chi connectivity index (χ0) is 18.8. The molecule has 0 spiro atoms. The van der Waals surface area contributed by atoms with Crippen LogP contribution in [0.5, 0.6) is 0 Å². The lowest BCUT2D eigenvalue weighted by molar-refractivity contribution is -0.384. The van der Waals surface area contributed by atoms with Crippen LogP contribution >= 0.6 is 0 Å². The second-order valence-electron chi connectivity index (χ2n) is 5.08. The molecule has 0 aromatic heterocycles. The fourth-order valence-corrected chi connectivity index (χ4v) is 2.08. The summed E-state index contributed by atoms with van der Waals surface area (Å²) in [7, 11) is 0. The lowest BCUT2D eigenvalue weighted by Gasteiger charge is -2.11. The Morgan fingerprint density at radius 3 is 2.36 bits per heavy atom. The standard InChI is InChI=1S/C16H11F3N2O4/c1-9(22)13-8-12(21(24)25)5-6-14(13)20-15(23)10-3-2-4-11(7-10)16(17,18)19/h2-8H,1H3,(H,20,23). The average Bonchev–Trinajstić information content (AvgIpc) is 2.54. The first-order valence-corrected chi connectivity index (χ1v) is 6.87. The minimum absolute atomic E-state index is 0.0273. The van der Waals surface area contributed by atoms with Gasteiger partial charge in [0.1, 0.15) is 0 Å². The summed E-state index contributed by atoms with van der Waals surface area (Å²) in [6.45, 7) is 1.15. The maximum atomic E-state index is 12.7. The van der Waals surface area contributed by atoms with Crippen LogP contribution in [0, 0.1) is 10.1 Å². The van der Waals surface area contributed by atoms with Crippen molar-refractivity contribution < 1.29 is 27.7 Å². The van der Waals surface area contributed by atoms with Crippen LogP contribution < -0.4 is 5.32 Å². The van der Waals surface area contributed by atoms with E-state index in [9.17, 15) is 32.9 Å². The normalized spacial score (nSPS) is 11.0. The summed E-state index contributed by atoms with van der Waals surface area (Å²) in [4.78, 5) is 33.8. The number of nitro groups is 1. The van der Waals surface area contributed by atoms with E-state index >= 15 is 0 Å². The molecule has 130 valence electrons. The number of ketones is 1. The number of benzene rings is 2. The van der Waals surface area contributed by atoms with Gasteiger partial charge in [-0.2, -0.15) is 13.2 Å². The van der Waals surface area contributed by atoms with Crippen LogP contribution in [0.4, 0.5) is 24.5 Å². The van der Waals surface area contributed by atoms with Crippen molar-refractivity contribution in [3.63, 3.8) is 0 Å². The summed E-state index contributed by atoms with van der Waals surface area (Å²) in [5.74, 6) is -1.41. The van der Waals surface area contributed by atoms with Gasteiger partial charge in [0, 0.05) is 23.3 Å². The monoisotopic (exact) mass is 352 g/mol. The first kappa shape index (κ1) is 18.1. The summed E-state index contributed by atoms with van der Waals surface area (Å²) in [6.07, 6.45) is -4.60. The van der Waals surface area contributed by atoms with E-state index in [0.717, 1.165) is 37.3 Å². The van der Waals surface area contributed by atoms with E-state index in [1.165, 1.54) is 6.07 Å². The number of amides is 1. The van der Waals surface area contributed by atoms with Gasteiger partial charge in [-0.05, 0) is 31.2 Å². The van der Waals surface area contributed by atoms with Crippen molar-refractivity contribution in [2.24, 2.45) is 0 Å². The molecule has 0 aliphatic carbocycles. The maximum Gasteiger partial charge on any atom is 0.416 e. The van der Waals surface area contributed by atoms with Gasteiger partial charge in [-0.3, -0.25) is 19.7 Å².